The highest BCUT2D eigenvalue weighted by atomic mass is 16.3. The third kappa shape index (κ3) is 1.97. The number of aromatic nitrogens is 3. The summed E-state index contributed by atoms with van der Waals surface area (Å²) in [5.41, 5.74) is 6.85. The van der Waals surface area contributed by atoms with E-state index in [1.54, 1.807) is 12.1 Å². The molecule has 0 fully saturated rings. The van der Waals surface area contributed by atoms with Gasteiger partial charge in [0.15, 0.2) is 5.82 Å². The van der Waals surface area contributed by atoms with Crippen LogP contribution >= 0.6 is 0 Å². The van der Waals surface area contributed by atoms with Crippen molar-refractivity contribution in [3.8, 4) is 5.75 Å². The van der Waals surface area contributed by atoms with Crippen molar-refractivity contribution in [1.29, 1.82) is 0 Å². The molecule has 0 radical (unpaired) electrons. The first-order valence-corrected chi connectivity index (χ1v) is 6.20. The number of rotatable bonds is 2. The third-order valence-electron chi connectivity index (χ3n) is 3.30. The predicted molar refractivity (Wildman–Crippen MR) is 67.1 cm³/mol. The average Bonchev–Trinajstić information content (AvgIpc) is 2.76. The largest absolute Gasteiger partial charge is 0.508 e. The summed E-state index contributed by atoms with van der Waals surface area (Å²) in [6, 6.07) is 7.26. The zero-order valence-electron chi connectivity index (χ0n) is 10.1. The van der Waals surface area contributed by atoms with Crippen LogP contribution in [0.1, 0.15) is 36.1 Å². The normalized spacial score (nSPS) is 18.6. The maximum atomic E-state index is 9.74. The van der Waals surface area contributed by atoms with Gasteiger partial charge >= 0.3 is 0 Å². The van der Waals surface area contributed by atoms with Gasteiger partial charge in [0.1, 0.15) is 11.6 Å². The van der Waals surface area contributed by atoms with Crippen LogP contribution in [0, 0.1) is 0 Å². The lowest BCUT2D eigenvalue weighted by Crippen LogP contribution is -2.22. The van der Waals surface area contributed by atoms with Crippen molar-refractivity contribution in [2.45, 2.75) is 31.8 Å². The number of aromatic hydroxyl groups is 1. The number of hydrogen-bond acceptors (Lipinski definition) is 4. The summed E-state index contributed by atoms with van der Waals surface area (Å²) in [4.78, 5) is 4.48. The van der Waals surface area contributed by atoms with Gasteiger partial charge in [-0.25, -0.2) is 9.67 Å². The Bertz CT molecular complexity index is 564. The number of fused-ring (bicyclic) bond motifs is 1. The molecule has 1 unspecified atom stereocenters. The molecule has 2 aromatic rings. The summed E-state index contributed by atoms with van der Waals surface area (Å²) in [7, 11) is 0. The van der Waals surface area contributed by atoms with E-state index in [0.29, 0.717) is 6.42 Å². The summed E-state index contributed by atoms with van der Waals surface area (Å²) in [5, 5.41) is 14.2. The summed E-state index contributed by atoms with van der Waals surface area (Å²) in [6.07, 6.45) is 2.56. The Balaban J connectivity index is 1.88. The molecular weight excluding hydrogens is 228 g/mol. The molecule has 94 valence electrons. The molecule has 1 aromatic carbocycles. The Morgan fingerprint density at radius 1 is 1.39 bits per heavy atom. The predicted octanol–water partition coefficient (Wildman–Crippen LogP) is 1.37. The molecule has 0 saturated heterocycles. The summed E-state index contributed by atoms with van der Waals surface area (Å²) >= 11 is 0. The summed E-state index contributed by atoms with van der Waals surface area (Å²) in [5.74, 6) is 1.88. The van der Waals surface area contributed by atoms with Crippen molar-refractivity contribution >= 4 is 0 Å². The van der Waals surface area contributed by atoms with E-state index >= 15 is 0 Å². The number of phenols is 1. The fourth-order valence-corrected chi connectivity index (χ4v) is 2.34. The number of aryl methyl sites for hydroxylation is 1. The van der Waals surface area contributed by atoms with E-state index in [9.17, 15) is 5.11 Å². The lowest BCUT2D eigenvalue weighted by Gasteiger charge is -2.17. The van der Waals surface area contributed by atoms with Crippen molar-refractivity contribution in [2.24, 2.45) is 5.73 Å². The van der Waals surface area contributed by atoms with Gasteiger partial charge in [-0.05, 0) is 18.9 Å². The number of benzene rings is 1. The molecule has 3 N–H and O–H groups in total. The van der Waals surface area contributed by atoms with Crippen molar-refractivity contribution in [2.75, 3.05) is 0 Å². The summed E-state index contributed by atoms with van der Waals surface area (Å²) in [6.45, 7) is 0.886. The third-order valence-corrected chi connectivity index (χ3v) is 3.30. The maximum Gasteiger partial charge on any atom is 0.155 e. The molecule has 1 aromatic heterocycles. The number of para-hydroxylation sites is 1. The number of nitrogens with two attached hydrogens (primary N) is 1. The van der Waals surface area contributed by atoms with Crippen LogP contribution in [-0.4, -0.2) is 19.9 Å². The number of hydrogen-bond donors (Lipinski definition) is 2. The molecule has 2 heterocycles. The summed E-state index contributed by atoms with van der Waals surface area (Å²) < 4.78 is 1.89. The van der Waals surface area contributed by atoms with Gasteiger partial charge in [-0.15, -0.1) is 0 Å². The van der Waals surface area contributed by atoms with E-state index in [-0.39, 0.29) is 11.8 Å². The van der Waals surface area contributed by atoms with Crippen LogP contribution in [0.25, 0.3) is 0 Å². The van der Waals surface area contributed by atoms with Crippen LogP contribution in [0.15, 0.2) is 24.3 Å². The molecule has 1 aliphatic heterocycles. The van der Waals surface area contributed by atoms with Gasteiger partial charge in [0, 0.05) is 18.5 Å². The molecule has 0 aliphatic carbocycles. The average molecular weight is 244 g/mol. The highest BCUT2D eigenvalue weighted by molar-refractivity contribution is 5.33. The maximum absolute atomic E-state index is 9.74. The molecule has 5 heteroatoms. The van der Waals surface area contributed by atoms with Crippen LogP contribution < -0.4 is 5.73 Å². The minimum Gasteiger partial charge on any atom is -0.508 e. The molecule has 1 atom stereocenters. The zero-order valence-corrected chi connectivity index (χ0v) is 10.1. The Kier molecular flexibility index (Phi) is 2.76. The van der Waals surface area contributed by atoms with E-state index in [1.165, 1.54) is 0 Å². The SMILES string of the molecule is NC1CCCn2nc(Cc3ccccc3O)nc21. The second kappa shape index (κ2) is 4.42. The highest BCUT2D eigenvalue weighted by Crippen LogP contribution is 2.23. The van der Waals surface area contributed by atoms with Crippen LogP contribution in [0.2, 0.25) is 0 Å². The number of phenolic OH excluding ortho intramolecular Hbond substituents is 1. The molecule has 0 spiro atoms. The second-order valence-electron chi connectivity index (χ2n) is 4.66. The Morgan fingerprint density at radius 3 is 3.00 bits per heavy atom. The fraction of sp³-hybridized carbons (Fsp3) is 0.385. The van der Waals surface area contributed by atoms with Crippen molar-refractivity contribution in [3.63, 3.8) is 0 Å². The van der Waals surface area contributed by atoms with Crippen LogP contribution in [0.5, 0.6) is 5.75 Å². The first-order valence-electron chi connectivity index (χ1n) is 6.20. The van der Waals surface area contributed by atoms with E-state index in [4.69, 9.17) is 5.73 Å². The van der Waals surface area contributed by atoms with Gasteiger partial charge < -0.3 is 10.8 Å². The Hall–Kier alpha value is -1.88. The molecular formula is C13H16N4O. The van der Waals surface area contributed by atoms with E-state index in [1.807, 2.05) is 16.8 Å². The first-order chi connectivity index (χ1) is 8.74. The molecule has 0 bridgehead atoms. The number of nitrogens with zero attached hydrogens (tertiary/aromatic N) is 3. The monoisotopic (exact) mass is 244 g/mol. The molecule has 0 saturated carbocycles. The van der Waals surface area contributed by atoms with Gasteiger partial charge in [-0.1, -0.05) is 18.2 Å². The topological polar surface area (TPSA) is 77.0 Å². The smallest absolute Gasteiger partial charge is 0.155 e. The van der Waals surface area contributed by atoms with Crippen LogP contribution in [-0.2, 0) is 13.0 Å². The quantitative estimate of drug-likeness (QED) is 0.836. The van der Waals surface area contributed by atoms with Gasteiger partial charge in [0.05, 0.1) is 6.04 Å². The van der Waals surface area contributed by atoms with E-state index < -0.39 is 0 Å². The van der Waals surface area contributed by atoms with Crippen molar-refractivity contribution < 1.29 is 5.11 Å². The minimum atomic E-state index is -0.00984. The Morgan fingerprint density at radius 2 is 2.22 bits per heavy atom. The lowest BCUT2D eigenvalue weighted by atomic mass is 10.1. The van der Waals surface area contributed by atoms with Crippen molar-refractivity contribution in [1.82, 2.24) is 14.8 Å². The van der Waals surface area contributed by atoms with Gasteiger partial charge in [-0.2, -0.15) is 5.10 Å². The molecule has 1 aliphatic rings. The molecule has 3 rings (SSSR count). The minimum absolute atomic E-state index is 0.00984. The van der Waals surface area contributed by atoms with Crippen LogP contribution in [0.3, 0.4) is 0 Å². The van der Waals surface area contributed by atoms with Gasteiger partial charge in [-0.3, -0.25) is 0 Å². The van der Waals surface area contributed by atoms with E-state index in [0.717, 1.165) is 36.6 Å². The van der Waals surface area contributed by atoms with Crippen molar-refractivity contribution in [3.05, 3.63) is 41.5 Å². The standard InChI is InChI=1S/C13H16N4O/c14-10-5-3-7-17-13(10)15-12(16-17)8-9-4-1-2-6-11(9)18/h1-2,4,6,10,18H,3,5,7-8,14H2. The lowest BCUT2D eigenvalue weighted by molar-refractivity contribution is 0.421. The molecule has 0 amide bonds. The van der Waals surface area contributed by atoms with Gasteiger partial charge in [0.2, 0.25) is 0 Å². The Labute approximate surface area is 105 Å². The van der Waals surface area contributed by atoms with Gasteiger partial charge in [0.25, 0.3) is 0 Å². The highest BCUT2D eigenvalue weighted by Gasteiger charge is 2.21. The second-order valence-corrected chi connectivity index (χ2v) is 4.66. The zero-order chi connectivity index (χ0) is 12.5. The van der Waals surface area contributed by atoms with Crippen LogP contribution in [0.4, 0.5) is 0 Å². The fourth-order valence-electron chi connectivity index (χ4n) is 2.34. The molecule has 18 heavy (non-hydrogen) atoms. The molecule has 5 nitrogen and oxygen atoms in total. The first kappa shape index (κ1) is 11.2. The van der Waals surface area contributed by atoms with E-state index in [2.05, 4.69) is 10.1 Å².